The summed E-state index contributed by atoms with van der Waals surface area (Å²) in [5.74, 6) is 0.295. The highest BCUT2D eigenvalue weighted by molar-refractivity contribution is 6.02. The number of rotatable bonds is 5. The number of hydrogen-bond donors (Lipinski definition) is 1. The van der Waals surface area contributed by atoms with Crippen molar-refractivity contribution in [1.82, 2.24) is 5.32 Å². The molecule has 0 fully saturated rings. The van der Waals surface area contributed by atoms with Crippen LogP contribution in [0.2, 0.25) is 0 Å². The van der Waals surface area contributed by atoms with Crippen LogP contribution in [-0.4, -0.2) is 32.0 Å². The van der Waals surface area contributed by atoms with Crippen molar-refractivity contribution in [3.8, 4) is 16.9 Å². The third kappa shape index (κ3) is 3.85. The highest BCUT2D eigenvalue weighted by Gasteiger charge is 2.24. The minimum atomic E-state index is -0.286. The first-order valence-corrected chi connectivity index (χ1v) is 9.57. The zero-order valence-electron chi connectivity index (χ0n) is 16.2. The van der Waals surface area contributed by atoms with E-state index >= 15 is 0 Å². The van der Waals surface area contributed by atoms with E-state index in [0.29, 0.717) is 17.9 Å². The minimum absolute atomic E-state index is 0.0418. The van der Waals surface area contributed by atoms with Gasteiger partial charge in [-0.3, -0.25) is 9.59 Å². The molecule has 146 valence electrons. The number of fused-ring (bicyclic) bond motifs is 1. The highest BCUT2D eigenvalue weighted by Crippen LogP contribution is 2.31. The molecule has 0 radical (unpaired) electrons. The normalized spacial score (nSPS) is 12.4. The number of ether oxygens (including phenoxy) is 1. The van der Waals surface area contributed by atoms with Gasteiger partial charge in [0.05, 0.1) is 13.7 Å². The van der Waals surface area contributed by atoms with Gasteiger partial charge in [0.2, 0.25) is 5.91 Å². The standard InChI is InChI=1S/C24H22N2O3/c1-29-22-12-11-19(15-20(22)17-7-3-2-4-8-17)24(28)25-16-23(27)26-14-13-18-9-5-6-10-21(18)26/h2-12,15H,13-14,16H2,1H3,(H,25,28). The average molecular weight is 386 g/mol. The molecule has 4 rings (SSSR count). The summed E-state index contributed by atoms with van der Waals surface area (Å²) in [5.41, 5.74) is 4.38. The van der Waals surface area contributed by atoms with Crippen LogP contribution in [0.3, 0.4) is 0 Å². The lowest BCUT2D eigenvalue weighted by atomic mass is 10.0. The Bertz CT molecular complexity index is 1050. The van der Waals surface area contributed by atoms with Gasteiger partial charge in [0.25, 0.3) is 5.91 Å². The van der Waals surface area contributed by atoms with Crippen molar-refractivity contribution in [1.29, 1.82) is 0 Å². The Balaban J connectivity index is 1.47. The van der Waals surface area contributed by atoms with E-state index in [4.69, 9.17) is 4.74 Å². The number of para-hydroxylation sites is 1. The summed E-state index contributed by atoms with van der Waals surface area (Å²) in [4.78, 5) is 27.0. The van der Waals surface area contributed by atoms with Gasteiger partial charge in [-0.1, -0.05) is 48.5 Å². The van der Waals surface area contributed by atoms with Crippen LogP contribution in [0.4, 0.5) is 5.69 Å². The Morgan fingerprint density at radius 3 is 2.55 bits per heavy atom. The molecule has 0 unspecified atom stereocenters. The zero-order valence-corrected chi connectivity index (χ0v) is 16.2. The van der Waals surface area contributed by atoms with Crippen molar-refractivity contribution in [3.63, 3.8) is 0 Å². The van der Waals surface area contributed by atoms with Gasteiger partial charge in [-0.2, -0.15) is 0 Å². The maximum absolute atomic E-state index is 12.7. The van der Waals surface area contributed by atoms with Crippen LogP contribution < -0.4 is 15.0 Å². The lowest BCUT2D eigenvalue weighted by molar-refractivity contribution is -0.117. The van der Waals surface area contributed by atoms with Gasteiger partial charge in [-0.25, -0.2) is 0 Å². The minimum Gasteiger partial charge on any atom is -0.496 e. The third-order valence-electron chi connectivity index (χ3n) is 5.13. The van der Waals surface area contributed by atoms with Crippen molar-refractivity contribution >= 4 is 17.5 Å². The van der Waals surface area contributed by atoms with Crippen LogP contribution >= 0.6 is 0 Å². The summed E-state index contributed by atoms with van der Waals surface area (Å²) in [7, 11) is 1.61. The van der Waals surface area contributed by atoms with Gasteiger partial charge in [0, 0.05) is 23.4 Å². The number of nitrogens with one attached hydrogen (secondary N) is 1. The van der Waals surface area contributed by atoms with Crippen LogP contribution in [0.25, 0.3) is 11.1 Å². The molecule has 1 heterocycles. The monoisotopic (exact) mass is 386 g/mol. The molecule has 3 aromatic rings. The van der Waals surface area contributed by atoms with E-state index in [2.05, 4.69) is 5.32 Å². The Hall–Kier alpha value is -3.60. The lowest BCUT2D eigenvalue weighted by Crippen LogP contribution is -2.39. The summed E-state index contributed by atoms with van der Waals surface area (Å²) in [5, 5.41) is 2.75. The molecule has 0 aliphatic carbocycles. The SMILES string of the molecule is COc1ccc(C(=O)NCC(=O)N2CCc3ccccc32)cc1-c1ccccc1. The predicted molar refractivity (Wildman–Crippen MR) is 113 cm³/mol. The van der Waals surface area contributed by atoms with Crippen LogP contribution in [-0.2, 0) is 11.2 Å². The molecule has 0 saturated carbocycles. The number of carbonyl (C=O) groups is 2. The Morgan fingerprint density at radius 1 is 1.00 bits per heavy atom. The van der Waals surface area contributed by atoms with Gasteiger partial charge >= 0.3 is 0 Å². The Labute approximate surface area is 169 Å². The number of nitrogens with zero attached hydrogens (tertiary/aromatic N) is 1. The molecule has 0 saturated heterocycles. The summed E-state index contributed by atoms with van der Waals surface area (Å²) in [6.45, 7) is 0.606. The topological polar surface area (TPSA) is 58.6 Å². The summed E-state index contributed by atoms with van der Waals surface area (Å²) >= 11 is 0. The second-order valence-corrected chi connectivity index (χ2v) is 6.89. The molecule has 0 bridgehead atoms. The average Bonchev–Trinajstić information content (AvgIpc) is 3.21. The largest absolute Gasteiger partial charge is 0.496 e. The quantitative estimate of drug-likeness (QED) is 0.728. The maximum Gasteiger partial charge on any atom is 0.251 e. The number of amides is 2. The molecule has 0 atom stereocenters. The van der Waals surface area contributed by atoms with Crippen LogP contribution in [0.1, 0.15) is 15.9 Å². The summed E-state index contributed by atoms with van der Waals surface area (Å²) < 4.78 is 5.44. The second-order valence-electron chi connectivity index (χ2n) is 6.89. The molecule has 1 aliphatic rings. The molecule has 5 heteroatoms. The highest BCUT2D eigenvalue weighted by atomic mass is 16.5. The van der Waals surface area contributed by atoms with E-state index in [9.17, 15) is 9.59 Å². The van der Waals surface area contributed by atoms with E-state index in [1.807, 2.05) is 54.6 Å². The van der Waals surface area contributed by atoms with Gasteiger partial charge in [-0.05, 0) is 41.8 Å². The third-order valence-corrected chi connectivity index (χ3v) is 5.13. The predicted octanol–water partition coefficient (Wildman–Crippen LogP) is 3.68. The van der Waals surface area contributed by atoms with Crippen molar-refractivity contribution < 1.29 is 14.3 Å². The number of benzene rings is 3. The van der Waals surface area contributed by atoms with Gasteiger partial charge in [0.15, 0.2) is 0 Å². The lowest BCUT2D eigenvalue weighted by Gasteiger charge is -2.18. The molecule has 2 amide bonds. The molecule has 1 aliphatic heterocycles. The summed E-state index contributed by atoms with van der Waals surface area (Å²) in [6.07, 6.45) is 0.842. The van der Waals surface area contributed by atoms with Crippen molar-refractivity contribution in [2.24, 2.45) is 0 Å². The number of anilines is 1. The van der Waals surface area contributed by atoms with E-state index in [1.54, 1.807) is 30.2 Å². The van der Waals surface area contributed by atoms with E-state index in [-0.39, 0.29) is 18.4 Å². The molecule has 0 spiro atoms. The first-order valence-electron chi connectivity index (χ1n) is 9.57. The molecule has 0 aromatic heterocycles. The first kappa shape index (κ1) is 18.7. The van der Waals surface area contributed by atoms with Crippen LogP contribution in [0, 0.1) is 0 Å². The smallest absolute Gasteiger partial charge is 0.251 e. The molecule has 1 N–H and O–H groups in total. The number of hydrogen-bond acceptors (Lipinski definition) is 3. The first-order chi connectivity index (χ1) is 14.2. The molecule has 5 nitrogen and oxygen atoms in total. The van der Waals surface area contributed by atoms with Gasteiger partial charge in [0.1, 0.15) is 5.75 Å². The van der Waals surface area contributed by atoms with E-state index < -0.39 is 0 Å². The van der Waals surface area contributed by atoms with Crippen molar-refractivity contribution in [2.45, 2.75) is 6.42 Å². The molecular formula is C24H22N2O3. The van der Waals surface area contributed by atoms with E-state index in [1.165, 1.54) is 0 Å². The van der Waals surface area contributed by atoms with Gasteiger partial charge in [-0.15, -0.1) is 0 Å². The Kier molecular flexibility index (Phi) is 5.29. The number of carbonyl (C=O) groups excluding carboxylic acids is 2. The fraction of sp³-hybridized carbons (Fsp3) is 0.167. The molecular weight excluding hydrogens is 364 g/mol. The Morgan fingerprint density at radius 2 is 1.76 bits per heavy atom. The van der Waals surface area contributed by atoms with Gasteiger partial charge < -0.3 is 15.0 Å². The molecule has 29 heavy (non-hydrogen) atoms. The summed E-state index contributed by atoms with van der Waals surface area (Å²) in [6, 6.07) is 22.9. The second kappa shape index (κ2) is 8.19. The fourth-order valence-electron chi connectivity index (χ4n) is 3.64. The van der Waals surface area contributed by atoms with Crippen LogP contribution in [0.5, 0.6) is 5.75 Å². The maximum atomic E-state index is 12.7. The number of methoxy groups -OCH3 is 1. The molecule has 3 aromatic carbocycles. The van der Waals surface area contributed by atoms with Crippen molar-refractivity contribution in [3.05, 3.63) is 83.9 Å². The fourth-order valence-corrected chi connectivity index (χ4v) is 3.64. The van der Waals surface area contributed by atoms with Crippen LogP contribution in [0.15, 0.2) is 72.8 Å². The van der Waals surface area contributed by atoms with Crippen molar-refractivity contribution in [2.75, 3.05) is 25.1 Å². The van der Waals surface area contributed by atoms with E-state index in [0.717, 1.165) is 28.8 Å². The zero-order chi connectivity index (χ0) is 20.2.